The predicted octanol–water partition coefficient (Wildman–Crippen LogP) is 3.48. The first kappa shape index (κ1) is 20.1. The number of nitrogens with one attached hydrogen (secondary N) is 1. The van der Waals surface area contributed by atoms with E-state index < -0.39 is 0 Å². The van der Waals surface area contributed by atoms with Crippen molar-refractivity contribution in [2.45, 2.75) is 25.7 Å². The van der Waals surface area contributed by atoms with Crippen LogP contribution < -0.4 is 5.32 Å². The minimum atomic E-state index is -0.00565. The second kappa shape index (κ2) is 9.55. The van der Waals surface area contributed by atoms with Gasteiger partial charge in [-0.2, -0.15) is 0 Å². The number of benzene rings is 1. The van der Waals surface area contributed by atoms with Gasteiger partial charge in [-0.05, 0) is 29.9 Å². The van der Waals surface area contributed by atoms with Crippen LogP contribution in [0.2, 0.25) is 0 Å². The van der Waals surface area contributed by atoms with Gasteiger partial charge in [0.2, 0.25) is 5.91 Å². The van der Waals surface area contributed by atoms with Crippen LogP contribution in [0.25, 0.3) is 11.1 Å². The van der Waals surface area contributed by atoms with Gasteiger partial charge in [0, 0.05) is 50.7 Å². The number of thiophene rings is 1. The number of carbonyl (C=O) groups is 2. The molecule has 2 amide bonds. The van der Waals surface area contributed by atoms with E-state index in [1.165, 1.54) is 24.2 Å². The van der Waals surface area contributed by atoms with Crippen LogP contribution in [0.5, 0.6) is 0 Å². The summed E-state index contributed by atoms with van der Waals surface area (Å²) in [5.41, 5.74) is 2.06. The minimum absolute atomic E-state index is 0.00565. The second-order valence-corrected chi connectivity index (χ2v) is 8.85. The van der Waals surface area contributed by atoms with Crippen LogP contribution in [0.1, 0.15) is 35.4 Å². The predicted molar refractivity (Wildman–Crippen MR) is 117 cm³/mol. The smallest absolute Gasteiger partial charge is 0.262 e. The van der Waals surface area contributed by atoms with E-state index in [9.17, 15) is 9.59 Å². The lowest BCUT2D eigenvalue weighted by molar-refractivity contribution is -0.137. The summed E-state index contributed by atoms with van der Waals surface area (Å²) >= 11 is 1.48. The lowest BCUT2D eigenvalue weighted by Crippen LogP contribution is -2.51. The number of nitrogens with zero attached hydrogens (tertiary/aromatic N) is 2. The molecule has 0 radical (unpaired) electrons. The second-order valence-electron chi connectivity index (χ2n) is 7.93. The quantitative estimate of drug-likeness (QED) is 0.792. The van der Waals surface area contributed by atoms with Crippen LogP contribution in [0, 0.1) is 5.92 Å². The summed E-state index contributed by atoms with van der Waals surface area (Å²) in [7, 11) is 0. The van der Waals surface area contributed by atoms with Gasteiger partial charge < -0.3 is 10.2 Å². The van der Waals surface area contributed by atoms with Crippen LogP contribution in [0.4, 0.5) is 0 Å². The van der Waals surface area contributed by atoms with Gasteiger partial charge in [-0.3, -0.25) is 14.5 Å². The van der Waals surface area contributed by atoms with Gasteiger partial charge in [0.25, 0.3) is 5.91 Å². The highest BCUT2D eigenvalue weighted by Gasteiger charge is 2.29. The molecule has 2 fully saturated rings. The summed E-state index contributed by atoms with van der Waals surface area (Å²) in [5, 5.41) is 5.04. The molecule has 2 aromatic rings. The number of carbonyl (C=O) groups excluding carboxylic acids is 2. The van der Waals surface area contributed by atoms with Gasteiger partial charge in [0.1, 0.15) is 0 Å². The van der Waals surface area contributed by atoms with Crippen molar-refractivity contribution >= 4 is 23.2 Å². The zero-order chi connectivity index (χ0) is 20.1. The Bertz CT molecular complexity index is 822. The molecule has 0 bridgehead atoms. The molecule has 1 saturated carbocycles. The van der Waals surface area contributed by atoms with Gasteiger partial charge in [0.15, 0.2) is 0 Å². The summed E-state index contributed by atoms with van der Waals surface area (Å²) in [6, 6.07) is 12.0. The largest absolute Gasteiger partial charge is 0.350 e. The Balaban J connectivity index is 1.22. The summed E-state index contributed by atoms with van der Waals surface area (Å²) in [5.74, 6) is 0.626. The third-order valence-corrected chi connectivity index (χ3v) is 6.97. The molecule has 1 aliphatic heterocycles. The molecule has 1 aromatic carbocycles. The molecule has 29 heavy (non-hydrogen) atoms. The fourth-order valence-electron chi connectivity index (χ4n) is 4.36. The highest BCUT2D eigenvalue weighted by Crippen LogP contribution is 2.28. The van der Waals surface area contributed by atoms with Crippen molar-refractivity contribution in [1.82, 2.24) is 15.1 Å². The van der Waals surface area contributed by atoms with E-state index in [-0.39, 0.29) is 11.8 Å². The number of hydrogen-bond acceptors (Lipinski definition) is 4. The molecule has 5 nitrogen and oxygen atoms in total. The number of hydrogen-bond donors (Lipinski definition) is 1. The SMILES string of the molecule is O=C(NCCN1CCN(C(=O)C2CCCC2)CC1)c1sccc1-c1ccccc1. The highest BCUT2D eigenvalue weighted by atomic mass is 32.1. The zero-order valence-electron chi connectivity index (χ0n) is 16.8. The van der Waals surface area contributed by atoms with E-state index in [2.05, 4.69) is 10.2 Å². The number of rotatable bonds is 6. The lowest BCUT2D eigenvalue weighted by Gasteiger charge is -2.36. The average molecular weight is 412 g/mol. The molecule has 4 rings (SSSR count). The summed E-state index contributed by atoms with van der Waals surface area (Å²) in [6.07, 6.45) is 4.54. The van der Waals surface area contributed by atoms with Crippen LogP contribution >= 0.6 is 11.3 Å². The maximum absolute atomic E-state index is 12.7. The summed E-state index contributed by atoms with van der Waals surface area (Å²) < 4.78 is 0. The third-order valence-electron chi connectivity index (χ3n) is 6.06. The van der Waals surface area contributed by atoms with Gasteiger partial charge in [0.05, 0.1) is 4.88 Å². The normalized spacial score (nSPS) is 18.1. The van der Waals surface area contributed by atoms with Crippen molar-refractivity contribution in [3.8, 4) is 11.1 Å². The molecule has 6 heteroatoms. The average Bonchev–Trinajstić information content (AvgIpc) is 3.46. The van der Waals surface area contributed by atoms with Crippen molar-refractivity contribution in [3.05, 3.63) is 46.7 Å². The molecule has 2 aliphatic rings. The molecule has 2 heterocycles. The molecule has 0 atom stereocenters. The van der Waals surface area contributed by atoms with Gasteiger partial charge >= 0.3 is 0 Å². The maximum atomic E-state index is 12.7. The summed E-state index contributed by atoms with van der Waals surface area (Å²) in [6.45, 7) is 4.86. The fourth-order valence-corrected chi connectivity index (χ4v) is 5.19. The van der Waals surface area contributed by atoms with E-state index in [4.69, 9.17) is 0 Å². The van der Waals surface area contributed by atoms with E-state index in [0.29, 0.717) is 12.5 Å². The standard InChI is InChI=1S/C23H29N3O2S/c27-22(21-20(10-17-29-21)18-6-2-1-3-7-18)24-11-12-25-13-15-26(16-14-25)23(28)19-8-4-5-9-19/h1-3,6-7,10,17,19H,4-5,8-9,11-16H2,(H,24,27). The monoisotopic (exact) mass is 411 g/mol. The molecular formula is C23H29N3O2S. The minimum Gasteiger partial charge on any atom is -0.350 e. The van der Waals surface area contributed by atoms with E-state index >= 15 is 0 Å². The van der Waals surface area contributed by atoms with Crippen LogP contribution in [0.15, 0.2) is 41.8 Å². The van der Waals surface area contributed by atoms with Crippen molar-refractivity contribution in [2.24, 2.45) is 5.92 Å². The number of piperazine rings is 1. The van der Waals surface area contributed by atoms with E-state index in [1.807, 2.05) is 46.7 Å². The van der Waals surface area contributed by atoms with Crippen molar-refractivity contribution in [3.63, 3.8) is 0 Å². The molecule has 0 unspecified atom stereocenters. The molecule has 1 aliphatic carbocycles. The van der Waals surface area contributed by atoms with E-state index in [0.717, 1.165) is 61.6 Å². The molecule has 1 N–H and O–H groups in total. The summed E-state index contributed by atoms with van der Waals surface area (Å²) in [4.78, 5) is 30.3. The lowest BCUT2D eigenvalue weighted by atomic mass is 10.1. The first-order valence-corrected chi connectivity index (χ1v) is 11.5. The Hall–Kier alpha value is -2.18. The van der Waals surface area contributed by atoms with Gasteiger partial charge in [-0.1, -0.05) is 43.2 Å². The Labute approximate surface area is 176 Å². The van der Waals surface area contributed by atoms with Crippen LogP contribution in [0.3, 0.4) is 0 Å². The topological polar surface area (TPSA) is 52.7 Å². The molecule has 154 valence electrons. The first-order valence-electron chi connectivity index (χ1n) is 10.6. The Morgan fingerprint density at radius 3 is 2.45 bits per heavy atom. The highest BCUT2D eigenvalue weighted by molar-refractivity contribution is 7.12. The Morgan fingerprint density at radius 2 is 1.72 bits per heavy atom. The van der Waals surface area contributed by atoms with Crippen LogP contribution in [-0.2, 0) is 4.79 Å². The van der Waals surface area contributed by atoms with E-state index in [1.54, 1.807) is 0 Å². The third kappa shape index (κ3) is 4.87. The fraction of sp³-hybridized carbons (Fsp3) is 0.478. The zero-order valence-corrected chi connectivity index (χ0v) is 17.6. The molecule has 1 aromatic heterocycles. The first-order chi connectivity index (χ1) is 14.2. The molecular weight excluding hydrogens is 382 g/mol. The van der Waals surface area contributed by atoms with Crippen molar-refractivity contribution in [1.29, 1.82) is 0 Å². The van der Waals surface area contributed by atoms with Crippen molar-refractivity contribution in [2.75, 3.05) is 39.3 Å². The van der Waals surface area contributed by atoms with Gasteiger partial charge in [-0.25, -0.2) is 0 Å². The molecule has 1 saturated heterocycles. The van der Waals surface area contributed by atoms with Crippen molar-refractivity contribution < 1.29 is 9.59 Å². The Morgan fingerprint density at radius 1 is 1.00 bits per heavy atom. The molecule has 0 spiro atoms. The van der Waals surface area contributed by atoms with Crippen LogP contribution in [-0.4, -0.2) is 60.9 Å². The number of amides is 2. The maximum Gasteiger partial charge on any atom is 0.262 e. The van der Waals surface area contributed by atoms with Gasteiger partial charge in [-0.15, -0.1) is 11.3 Å². The Kier molecular flexibility index (Phi) is 6.62.